The van der Waals surface area contributed by atoms with Crippen LogP contribution in [-0.4, -0.2) is 6.29 Å². The lowest BCUT2D eigenvalue weighted by Crippen LogP contribution is -1.97. The van der Waals surface area contributed by atoms with Gasteiger partial charge in [0.05, 0.1) is 0 Å². The lowest BCUT2D eigenvalue weighted by atomic mass is 9.93. The zero-order valence-electron chi connectivity index (χ0n) is 6.94. The van der Waals surface area contributed by atoms with E-state index in [0.29, 0.717) is 0 Å². The molecule has 1 aromatic rings. The van der Waals surface area contributed by atoms with Crippen LogP contribution in [0.5, 0.6) is 0 Å². The van der Waals surface area contributed by atoms with E-state index in [1.165, 1.54) is 0 Å². The van der Waals surface area contributed by atoms with Crippen molar-refractivity contribution in [3.05, 3.63) is 47.0 Å². The van der Waals surface area contributed by atoms with Crippen LogP contribution in [-0.2, 0) is 4.74 Å². The van der Waals surface area contributed by atoms with E-state index in [1.54, 1.807) is 0 Å². The molecule has 2 heterocycles. The lowest BCUT2D eigenvalue weighted by Gasteiger charge is -2.08. The fourth-order valence-corrected chi connectivity index (χ4v) is 2.07. The van der Waals surface area contributed by atoms with Gasteiger partial charge >= 0.3 is 0 Å². The molecule has 0 spiro atoms. The minimum absolute atomic E-state index is 0.0152. The van der Waals surface area contributed by atoms with Crippen LogP contribution in [0.1, 0.15) is 33.7 Å². The zero-order chi connectivity index (χ0) is 8.84. The molecule has 0 N–H and O–H groups in total. The van der Waals surface area contributed by atoms with E-state index in [2.05, 4.69) is 0 Å². The number of aldehydes is 1. The molecule has 2 aliphatic heterocycles. The molecule has 2 nitrogen and oxygen atoms in total. The van der Waals surface area contributed by atoms with Gasteiger partial charge in [-0.2, -0.15) is 0 Å². The summed E-state index contributed by atoms with van der Waals surface area (Å²) >= 11 is 0. The van der Waals surface area contributed by atoms with Crippen LogP contribution in [0.3, 0.4) is 0 Å². The zero-order valence-corrected chi connectivity index (χ0v) is 6.94. The van der Waals surface area contributed by atoms with Crippen molar-refractivity contribution >= 4 is 6.29 Å². The molecule has 2 heteroatoms. The molecular weight excluding hydrogens is 164 g/mol. The van der Waals surface area contributed by atoms with Gasteiger partial charge in [0.15, 0.2) is 0 Å². The van der Waals surface area contributed by atoms with Crippen LogP contribution in [0.4, 0.5) is 0 Å². The van der Waals surface area contributed by atoms with Crippen molar-refractivity contribution in [2.24, 2.45) is 0 Å². The maximum atomic E-state index is 10.8. The van der Waals surface area contributed by atoms with Gasteiger partial charge in [-0.3, -0.25) is 4.79 Å². The molecule has 1 aromatic carbocycles. The molecular formula is C11H8O2. The van der Waals surface area contributed by atoms with Gasteiger partial charge in [0.2, 0.25) is 0 Å². The highest BCUT2D eigenvalue weighted by atomic mass is 16.5. The average molecular weight is 172 g/mol. The first-order valence-electron chi connectivity index (χ1n) is 4.32. The molecule has 0 saturated carbocycles. The van der Waals surface area contributed by atoms with E-state index in [4.69, 9.17) is 4.74 Å². The standard InChI is InChI=1S/C11H8O2/c12-6-7-2-1-3-8-9-4-5-10(13-9)11(7)8/h1-6,9-10H. The molecule has 2 unspecified atom stereocenters. The van der Waals surface area contributed by atoms with Crippen LogP contribution in [0.2, 0.25) is 0 Å². The summed E-state index contributed by atoms with van der Waals surface area (Å²) in [4.78, 5) is 10.8. The average Bonchev–Trinajstić information content (AvgIpc) is 2.77. The largest absolute Gasteiger partial charge is 0.357 e. The third-order valence-corrected chi connectivity index (χ3v) is 2.65. The number of carbonyl (C=O) groups excluding carboxylic acids is 1. The van der Waals surface area contributed by atoms with E-state index in [-0.39, 0.29) is 12.2 Å². The number of hydrogen-bond donors (Lipinski definition) is 0. The summed E-state index contributed by atoms with van der Waals surface area (Å²) in [5.74, 6) is 0. The van der Waals surface area contributed by atoms with Gasteiger partial charge in [0, 0.05) is 11.1 Å². The van der Waals surface area contributed by atoms with Crippen LogP contribution in [0, 0.1) is 0 Å². The third-order valence-electron chi connectivity index (χ3n) is 2.65. The van der Waals surface area contributed by atoms with Crippen molar-refractivity contribution in [2.75, 3.05) is 0 Å². The van der Waals surface area contributed by atoms with Gasteiger partial charge in [-0.15, -0.1) is 0 Å². The summed E-state index contributed by atoms with van der Waals surface area (Å²) in [6.07, 6.45) is 5.06. The number of ether oxygens (including phenoxy) is 1. The van der Waals surface area contributed by atoms with Crippen LogP contribution in [0.15, 0.2) is 30.4 Å². The van der Waals surface area contributed by atoms with E-state index in [1.807, 2.05) is 30.4 Å². The van der Waals surface area contributed by atoms with Gasteiger partial charge in [-0.1, -0.05) is 30.4 Å². The Morgan fingerprint density at radius 3 is 2.92 bits per heavy atom. The summed E-state index contributed by atoms with van der Waals surface area (Å²) in [6, 6.07) is 5.76. The molecule has 0 fully saturated rings. The Balaban J connectivity index is 2.28. The molecule has 0 radical (unpaired) electrons. The van der Waals surface area contributed by atoms with Crippen molar-refractivity contribution in [1.29, 1.82) is 0 Å². The molecule has 2 atom stereocenters. The molecule has 0 aromatic heterocycles. The van der Waals surface area contributed by atoms with Crippen LogP contribution >= 0.6 is 0 Å². The highest BCUT2D eigenvalue weighted by Crippen LogP contribution is 2.46. The minimum atomic E-state index is 0.0152. The van der Waals surface area contributed by atoms with Crippen molar-refractivity contribution < 1.29 is 9.53 Å². The lowest BCUT2D eigenvalue weighted by molar-refractivity contribution is 0.0872. The summed E-state index contributed by atoms with van der Waals surface area (Å²) in [5.41, 5.74) is 2.97. The summed E-state index contributed by atoms with van der Waals surface area (Å²) in [5, 5.41) is 0. The normalized spacial score (nSPS) is 27.7. The fraction of sp³-hybridized carbons (Fsp3) is 0.182. The predicted molar refractivity (Wildman–Crippen MR) is 47.5 cm³/mol. The molecule has 0 amide bonds. The molecule has 0 saturated heterocycles. The molecule has 2 aliphatic rings. The second-order valence-corrected chi connectivity index (χ2v) is 3.33. The Morgan fingerprint density at radius 1 is 1.23 bits per heavy atom. The second-order valence-electron chi connectivity index (χ2n) is 3.33. The highest BCUT2D eigenvalue weighted by Gasteiger charge is 2.34. The number of fused-ring (bicyclic) bond motifs is 5. The van der Waals surface area contributed by atoms with Gasteiger partial charge in [0.25, 0.3) is 0 Å². The van der Waals surface area contributed by atoms with Gasteiger partial charge < -0.3 is 4.74 Å². The summed E-state index contributed by atoms with van der Waals surface area (Å²) in [6.45, 7) is 0. The highest BCUT2D eigenvalue weighted by molar-refractivity contribution is 5.79. The SMILES string of the molecule is O=Cc1cccc2c1C1C=CC2O1. The van der Waals surface area contributed by atoms with Crippen LogP contribution in [0.25, 0.3) is 0 Å². The first-order valence-corrected chi connectivity index (χ1v) is 4.32. The fourth-order valence-electron chi connectivity index (χ4n) is 2.07. The maximum Gasteiger partial charge on any atom is 0.150 e. The van der Waals surface area contributed by atoms with E-state index >= 15 is 0 Å². The third kappa shape index (κ3) is 0.783. The van der Waals surface area contributed by atoms with Crippen LogP contribution < -0.4 is 0 Å². The van der Waals surface area contributed by atoms with Crippen molar-refractivity contribution in [2.45, 2.75) is 12.2 Å². The number of hydrogen-bond acceptors (Lipinski definition) is 2. The molecule has 64 valence electrons. The summed E-state index contributed by atoms with van der Waals surface area (Å²) in [7, 11) is 0. The van der Waals surface area contributed by atoms with Crippen molar-refractivity contribution in [3.8, 4) is 0 Å². The first-order chi connectivity index (χ1) is 6.40. The molecule has 2 bridgehead atoms. The number of rotatable bonds is 1. The Kier molecular flexibility index (Phi) is 1.24. The Bertz CT molecular complexity index is 407. The topological polar surface area (TPSA) is 26.3 Å². The Hall–Kier alpha value is -1.41. The van der Waals surface area contributed by atoms with Gasteiger partial charge in [-0.05, 0) is 5.56 Å². The predicted octanol–water partition coefficient (Wildman–Crippen LogP) is 2.18. The quantitative estimate of drug-likeness (QED) is 0.479. The number of carbonyl (C=O) groups is 1. The maximum absolute atomic E-state index is 10.8. The van der Waals surface area contributed by atoms with E-state index in [9.17, 15) is 4.79 Å². The Morgan fingerprint density at radius 2 is 2.08 bits per heavy atom. The van der Waals surface area contributed by atoms with E-state index in [0.717, 1.165) is 23.0 Å². The Labute approximate surface area is 75.8 Å². The minimum Gasteiger partial charge on any atom is -0.357 e. The monoisotopic (exact) mass is 172 g/mol. The van der Waals surface area contributed by atoms with Gasteiger partial charge in [0.1, 0.15) is 18.5 Å². The van der Waals surface area contributed by atoms with E-state index < -0.39 is 0 Å². The smallest absolute Gasteiger partial charge is 0.150 e. The summed E-state index contributed by atoms with van der Waals surface area (Å²) < 4.78 is 5.62. The molecule has 13 heavy (non-hydrogen) atoms. The second kappa shape index (κ2) is 2.30. The van der Waals surface area contributed by atoms with Crippen molar-refractivity contribution in [1.82, 2.24) is 0 Å². The molecule has 0 aliphatic carbocycles. The number of benzene rings is 1. The molecule has 3 rings (SSSR count). The first kappa shape index (κ1) is 7.04. The van der Waals surface area contributed by atoms with Gasteiger partial charge in [-0.25, -0.2) is 0 Å². The van der Waals surface area contributed by atoms with Crippen molar-refractivity contribution in [3.63, 3.8) is 0 Å².